The van der Waals surface area contributed by atoms with Gasteiger partial charge in [-0.15, -0.1) is 6.42 Å². The lowest BCUT2D eigenvalue weighted by atomic mass is 10.0. The SMILES string of the molecule is C#Cc1ccc(C(O)C(O)CN=[N+]=[N-])cc1. The zero-order chi connectivity index (χ0) is 12.0. The number of aliphatic hydroxyl groups excluding tert-OH is 2. The van der Waals surface area contributed by atoms with Gasteiger partial charge in [0.25, 0.3) is 0 Å². The van der Waals surface area contributed by atoms with Gasteiger partial charge in [0.1, 0.15) is 6.10 Å². The molecule has 5 heteroatoms. The number of hydrogen-bond acceptors (Lipinski definition) is 3. The summed E-state index contributed by atoms with van der Waals surface area (Å²) in [6.07, 6.45) is 2.98. The van der Waals surface area contributed by atoms with Crippen molar-refractivity contribution in [1.29, 1.82) is 0 Å². The number of hydrogen-bond donors (Lipinski definition) is 2. The fourth-order valence-electron chi connectivity index (χ4n) is 1.22. The maximum Gasteiger partial charge on any atom is 0.105 e. The number of azide groups is 1. The number of benzene rings is 1. The largest absolute Gasteiger partial charge is 0.390 e. The van der Waals surface area contributed by atoms with Gasteiger partial charge in [0, 0.05) is 10.5 Å². The van der Waals surface area contributed by atoms with Crippen LogP contribution in [0.4, 0.5) is 0 Å². The Morgan fingerprint density at radius 1 is 1.38 bits per heavy atom. The molecule has 0 saturated carbocycles. The molecule has 0 amide bonds. The highest BCUT2D eigenvalue weighted by Crippen LogP contribution is 2.17. The van der Waals surface area contributed by atoms with Crippen molar-refractivity contribution in [3.05, 3.63) is 45.8 Å². The molecule has 16 heavy (non-hydrogen) atoms. The second-order valence-corrected chi connectivity index (χ2v) is 3.19. The maximum atomic E-state index is 9.69. The van der Waals surface area contributed by atoms with Crippen molar-refractivity contribution in [3.8, 4) is 12.3 Å². The Kier molecular flexibility index (Phi) is 4.37. The molecular formula is C11H11N3O2. The highest BCUT2D eigenvalue weighted by molar-refractivity contribution is 5.35. The topological polar surface area (TPSA) is 89.2 Å². The summed E-state index contributed by atoms with van der Waals surface area (Å²) in [6.45, 7) is -0.172. The molecule has 0 aliphatic rings. The summed E-state index contributed by atoms with van der Waals surface area (Å²) in [7, 11) is 0. The van der Waals surface area contributed by atoms with Crippen molar-refractivity contribution in [1.82, 2.24) is 0 Å². The van der Waals surface area contributed by atoms with E-state index in [-0.39, 0.29) is 6.54 Å². The van der Waals surface area contributed by atoms with Crippen molar-refractivity contribution in [2.24, 2.45) is 5.11 Å². The number of terminal acetylenes is 1. The average molecular weight is 217 g/mol. The molecule has 0 radical (unpaired) electrons. The first-order chi connectivity index (χ1) is 7.69. The molecule has 2 N–H and O–H groups in total. The number of aliphatic hydroxyl groups is 2. The minimum absolute atomic E-state index is 0.172. The van der Waals surface area contributed by atoms with Crippen LogP contribution < -0.4 is 0 Å². The average Bonchev–Trinajstić information content (AvgIpc) is 2.35. The van der Waals surface area contributed by atoms with Crippen molar-refractivity contribution >= 4 is 0 Å². The molecule has 1 aromatic carbocycles. The van der Waals surface area contributed by atoms with Gasteiger partial charge in [-0.3, -0.25) is 0 Å². The van der Waals surface area contributed by atoms with E-state index in [9.17, 15) is 10.2 Å². The first-order valence-corrected chi connectivity index (χ1v) is 4.62. The highest BCUT2D eigenvalue weighted by Gasteiger charge is 2.17. The molecule has 2 unspecified atom stereocenters. The van der Waals surface area contributed by atoms with Crippen LogP contribution in [0.5, 0.6) is 0 Å². The van der Waals surface area contributed by atoms with E-state index >= 15 is 0 Å². The van der Waals surface area contributed by atoms with E-state index < -0.39 is 12.2 Å². The molecule has 0 aliphatic heterocycles. The molecule has 82 valence electrons. The normalized spacial score (nSPS) is 13.3. The van der Waals surface area contributed by atoms with Crippen LogP contribution in [-0.4, -0.2) is 22.9 Å². The van der Waals surface area contributed by atoms with Crippen LogP contribution in [0.15, 0.2) is 29.4 Å². The number of rotatable bonds is 4. The summed E-state index contributed by atoms with van der Waals surface area (Å²) in [6, 6.07) is 6.58. The molecule has 1 rings (SSSR count). The lowest BCUT2D eigenvalue weighted by Crippen LogP contribution is -2.21. The number of nitrogens with zero attached hydrogens (tertiary/aromatic N) is 3. The van der Waals surface area contributed by atoms with Gasteiger partial charge in [0.2, 0.25) is 0 Å². The van der Waals surface area contributed by atoms with Gasteiger partial charge < -0.3 is 10.2 Å². The predicted molar refractivity (Wildman–Crippen MR) is 59.4 cm³/mol. The van der Waals surface area contributed by atoms with Gasteiger partial charge in [-0.25, -0.2) is 0 Å². The third kappa shape index (κ3) is 3.01. The summed E-state index contributed by atoms with van der Waals surface area (Å²) in [5.41, 5.74) is 9.30. The predicted octanol–water partition coefficient (Wildman–Crippen LogP) is 1.37. The van der Waals surface area contributed by atoms with Gasteiger partial charge in [-0.2, -0.15) is 0 Å². The Balaban J connectivity index is 2.75. The lowest BCUT2D eigenvalue weighted by Gasteiger charge is -2.16. The van der Waals surface area contributed by atoms with Crippen LogP contribution in [0.2, 0.25) is 0 Å². The molecule has 0 bridgehead atoms. The molecule has 2 atom stereocenters. The van der Waals surface area contributed by atoms with Crippen molar-refractivity contribution < 1.29 is 10.2 Å². The van der Waals surface area contributed by atoms with Crippen molar-refractivity contribution in [2.45, 2.75) is 12.2 Å². The van der Waals surface area contributed by atoms with Crippen LogP contribution in [0, 0.1) is 12.3 Å². The second-order valence-electron chi connectivity index (χ2n) is 3.19. The van der Waals surface area contributed by atoms with Crippen LogP contribution >= 0.6 is 0 Å². The Morgan fingerprint density at radius 2 is 2.00 bits per heavy atom. The Bertz CT molecular complexity index is 430. The highest BCUT2D eigenvalue weighted by atomic mass is 16.3. The van der Waals surface area contributed by atoms with Crippen LogP contribution in [0.25, 0.3) is 10.4 Å². The van der Waals surface area contributed by atoms with Crippen LogP contribution in [0.1, 0.15) is 17.2 Å². The van der Waals surface area contributed by atoms with Gasteiger partial charge in [0.05, 0.1) is 12.6 Å². The molecule has 0 aromatic heterocycles. The van der Waals surface area contributed by atoms with E-state index in [2.05, 4.69) is 15.9 Å². The fourth-order valence-corrected chi connectivity index (χ4v) is 1.22. The molecule has 0 fully saturated rings. The minimum Gasteiger partial charge on any atom is -0.390 e. The lowest BCUT2D eigenvalue weighted by molar-refractivity contribution is 0.0244. The quantitative estimate of drug-likeness (QED) is 0.345. The van der Waals surface area contributed by atoms with E-state index in [1.165, 1.54) is 0 Å². The molecule has 1 aromatic rings. The first-order valence-electron chi connectivity index (χ1n) is 4.62. The molecule has 0 spiro atoms. The molecular weight excluding hydrogens is 206 g/mol. The van der Waals surface area contributed by atoms with Crippen molar-refractivity contribution in [2.75, 3.05) is 6.54 Å². The summed E-state index contributed by atoms with van der Waals surface area (Å²) in [4.78, 5) is 2.51. The summed E-state index contributed by atoms with van der Waals surface area (Å²) in [5, 5.41) is 22.4. The van der Waals surface area contributed by atoms with Gasteiger partial charge in [-0.1, -0.05) is 23.2 Å². The second kappa shape index (κ2) is 5.79. The zero-order valence-electron chi connectivity index (χ0n) is 8.48. The monoisotopic (exact) mass is 217 g/mol. The van der Waals surface area contributed by atoms with Gasteiger partial charge in [-0.05, 0) is 23.2 Å². The maximum absolute atomic E-state index is 9.69. The standard InChI is InChI=1S/C11H11N3O2/c1-2-8-3-5-9(6-4-8)11(16)10(15)7-13-14-12/h1,3-6,10-11,15-16H,7H2. The first kappa shape index (κ1) is 12.1. The van der Waals surface area contributed by atoms with E-state index in [0.717, 1.165) is 0 Å². The van der Waals surface area contributed by atoms with E-state index in [1.807, 2.05) is 0 Å². The zero-order valence-corrected chi connectivity index (χ0v) is 8.48. The smallest absolute Gasteiger partial charge is 0.105 e. The summed E-state index contributed by atoms with van der Waals surface area (Å²) < 4.78 is 0. The Hall–Kier alpha value is -1.99. The van der Waals surface area contributed by atoms with Crippen LogP contribution in [0.3, 0.4) is 0 Å². The Labute approximate surface area is 93.0 Å². The molecule has 5 nitrogen and oxygen atoms in total. The molecule has 0 saturated heterocycles. The molecule has 0 aliphatic carbocycles. The third-order valence-electron chi connectivity index (χ3n) is 2.12. The molecule has 0 heterocycles. The van der Waals surface area contributed by atoms with E-state index in [0.29, 0.717) is 11.1 Å². The van der Waals surface area contributed by atoms with Crippen LogP contribution in [-0.2, 0) is 0 Å². The van der Waals surface area contributed by atoms with Gasteiger partial charge >= 0.3 is 0 Å². The third-order valence-corrected chi connectivity index (χ3v) is 2.12. The summed E-state index contributed by atoms with van der Waals surface area (Å²) in [5.74, 6) is 2.45. The summed E-state index contributed by atoms with van der Waals surface area (Å²) >= 11 is 0. The Morgan fingerprint density at radius 3 is 2.50 bits per heavy atom. The van der Waals surface area contributed by atoms with Gasteiger partial charge in [0.15, 0.2) is 0 Å². The fraction of sp³-hybridized carbons (Fsp3) is 0.273. The van der Waals surface area contributed by atoms with Crippen molar-refractivity contribution in [3.63, 3.8) is 0 Å². The minimum atomic E-state index is -1.12. The van der Waals surface area contributed by atoms with E-state index in [1.54, 1.807) is 24.3 Å². The van der Waals surface area contributed by atoms with E-state index in [4.69, 9.17) is 12.0 Å².